The largest absolute Gasteiger partial charge is 0.497 e. The Bertz CT molecular complexity index is 630. The summed E-state index contributed by atoms with van der Waals surface area (Å²) >= 11 is 0. The van der Waals surface area contributed by atoms with Crippen LogP contribution in [0.15, 0.2) is 18.2 Å². The van der Waals surface area contributed by atoms with Crippen LogP contribution in [0.3, 0.4) is 0 Å². The fourth-order valence-electron chi connectivity index (χ4n) is 3.60. The molecule has 0 radical (unpaired) electrons. The zero-order valence-electron chi connectivity index (χ0n) is 13.9. The van der Waals surface area contributed by atoms with Gasteiger partial charge < -0.3 is 19.5 Å². The first-order valence-electron chi connectivity index (χ1n) is 8.37. The number of morpholine rings is 1. The molecule has 0 spiro atoms. The predicted molar refractivity (Wildman–Crippen MR) is 87.2 cm³/mol. The molecule has 130 valence electrons. The molecular weight excluding hydrogens is 310 g/mol. The normalized spacial score (nSPS) is 23.5. The zero-order chi connectivity index (χ0) is 17.1. The summed E-state index contributed by atoms with van der Waals surface area (Å²) in [5, 5.41) is 9.06. The number of carbonyl (C=O) groups excluding carboxylic acids is 1. The van der Waals surface area contributed by atoms with Crippen molar-refractivity contribution < 1.29 is 24.2 Å². The van der Waals surface area contributed by atoms with E-state index in [4.69, 9.17) is 14.6 Å². The lowest BCUT2D eigenvalue weighted by atomic mass is 9.80. The molecule has 0 aromatic heterocycles. The molecule has 3 rings (SSSR count). The summed E-state index contributed by atoms with van der Waals surface area (Å²) in [7, 11) is 1.66. The van der Waals surface area contributed by atoms with Crippen molar-refractivity contribution in [1.82, 2.24) is 4.90 Å². The highest BCUT2D eigenvalue weighted by molar-refractivity contribution is 5.79. The number of ether oxygens (including phenoxy) is 2. The van der Waals surface area contributed by atoms with Crippen LogP contribution in [0.4, 0.5) is 0 Å². The molecule has 1 N–H and O–H groups in total. The van der Waals surface area contributed by atoms with E-state index < -0.39 is 12.1 Å². The molecular formula is C18H23NO5. The van der Waals surface area contributed by atoms with Gasteiger partial charge >= 0.3 is 5.97 Å². The Balaban J connectivity index is 1.68. The van der Waals surface area contributed by atoms with Gasteiger partial charge in [0.1, 0.15) is 5.75 Å². The number of aryl methyl sites for hydroxylation is 1. The van der Waals surface area contributed by atoms with Crippen LogP contribution in [0.2, 0.25) is 0 Å². The number of fused-ring (bicyclic) bond motifs is 1. The number of carboxylic acids is 1. The molecule has 1 aliphatic carbocycles. The van der Waals surface area contributed by atoms with E-state index in [-0.39, 0.29) is 25.0 Å². The summed E-state index contributed by atoms with van der Waals surface area (Å²) in [4.78, 5) is 25.3. The molecule has 0 unspecified atom stereocenters. The minimum Gasteiger partial charge on any atom is -0.497 e. The van der Waals surface area contributed by atoms with Crippen LogP contribution in [0.25, 0.3) is 0 Å². The highest BCUT2D eigenvalue weighted by atomic mass is 16.5. The molecule has 24 heavy (non-hydrogen) atoms. The number of carboxylic acid groups (broad SMARTS) is 1. The molecule has 1 heterocycles. The summed E-state index contributed by atoms with van der Waals surface area (Å²) in [5.41, 5.74) is 2.47. The third-order valence-corrected chi connectivity index (χ3v) is 4.90. The summed E-state index contributed by atoms with van der Waals surface area (Å²) < 4.78 is 10.5. The molecule has 0 saturated carbocycles. The van der Waals surface area contributed by atoms with Gasteiger partial charge in [0.15, 0.2) is 6.10 Å². The van der Waals surface area contributed by atoms with Gasteiger partial charge in [0.05, 0.1) is 20.3 Å². The maximum Gasteiger partial charge on any atom is 0.334 e. The van der Waals surface area contributed by atoms with E-state index in [0.717, 1.165) is 25.0 Å². The first-order chi connectivity index (χ1) is 11.6. The third kappa shape index (κ3) is 3.53. The van der Waals surface area contributed by atoms with Crippen molar-refractivity contribution in [2.24, 2.45) is 0 Å². The third-order valence-electron chi connectivity index (χ3n) is 4.90. The van der Waals surface area contributed by atoms with Crippen LogP contribution < -0.4 is 4.74 Å². The van der Waals surface area contributed by atoms with Crippen molar-refractivity contribution in [3.63, 3.8) is 0 Å². The van der Waals surface area contributed by atoms with Crippen LogP contribution in [0.1, 0.15) is 36.3 Å². The molecule has 1 fully saturated rings. The number of benzene rings is 1. The van der Waals surface area contributed by atoms with Gasteiger partial charge in [-0.1, -0.05) is 6.07 Å². The fourth-order valence-corrected chi connectivity index (χ4v) is 3.60. The number of rotatable bonds is 4. The molecule has 1 aromatic rings. The van der Waals surface area contributed by atoms with E-state index in [0.29, 0.717) is 13.0 Å². The standard InChI is InChI=1S/C18H23NO5/c1-23-14-5-6-15-12(9-14)3-2-4-13(15)10-17(20)19-7-8-24-16(11-19)18(21)22/h5-6,9,13,16H,2-4,7-8,10-11H2,1H3,(H,21,22)/t13-,16+/m0/s1. The van der Waals surface area contributed by atoms with Crippen molar-refractivity contribution >= 4 is 11.9 Å². The highest BCUT2D eigenvalue weighted by Gasteiger charge is 2.31. The van der Waals surface area contributed by atoms with Crippen molar-refractivity contribution in [1.29, 1.82) is 0 Å². The van der Waals surface area contributed by atoms with Gasteiger partial charge in [-0.3, -0.25) is 4.79 Å². The number of aliphatic carboxylic acids is 1. The van der Waals surface area contributed by atoms with Gasteiger partial charge in [-0.15, -0.1) is 0 Å². The van der Waals surface area contributed by atoms with Crippen molar-refractivity contribution in [3.8, 4) is 5.75 Å². The molecule has 6 nitrogen and oxygen atoms in total. The smallest absolute Gasteiger partial charge is 0.334 e. The fraction of sp³-hybridized carbons (Fsp3) is 0.556. The molecule has 0 bridgehead atoms. The topological polar surface area (TPSA) is 76.1 Å². The molecule has 2 atom stereocenters. The number of nitrogens with zero attached hydrogens (tertiary/aromatic N) is 1. The van der Waals surface area contributed by atoms with Crippen LogP contribution in [-0.2, 0) is 20.7 Å². The highest BCUT2D eigenvalue weighted by Crippen LogP contribution is 2.36. The number of amides is 1. The van der Waals surface area contributed by atoms with Crippen LogP contribution in [-0.4, -0.2) is 54.8 Å². The summed E-state index contributed by atoms with van der Waals surface area (Å²) in [5.74, 6) is 0.0392. The van der Waals surface area contributed by atoms with Gasteiger partial charge in [0.2, 0.25) is 5.91 Å². The minimum absolute atomic E-state index is 0.0122. The predicted octanol–water partition coefficient (Wildman–Crippen LogP) is 1.82. The lowest BCUT2D eigenvalue weighted by molar-refractivity contribution is -0.159. The molecule has 1 aromatic carbocycles. The first-order valence-corrected chi connectivity index (χ1v) is 8.37. The molecule has 2 aliphatic rings. The number of carbonyl (C=O) groups is 2. The van der Waals surface area contributed by atoms with E-state index in [1.165, 1.54) is 11.1 Å². The van der Waals surface area contributed by atoms with Crippen LogP contribution in [0, 0.1) is 0 Å². The molecule has 6 heteroatoms. The lowest BCUT2D eigenvalue weighted by Crippen LogP contribution is -2.48. The van der Waals surface area contributed by atoms with Crippen molar-refractivity contribution in [3.05, 3.63) is 29.3 Å². The van der Waals surface area contributed by atoms with Crippen LogP contribution >= 0.6 is 0 Å². The van der Waals surface area contributed by atoms with Gasteiger partial charge in [0.25, 0.3) is 0 Å². The maximum absolute atomic E-state index is 12.6. The molecule has 1 aliphatic heterocycles. The first kappa shape index (κ1) is 16.8. The summed E-state index contributed by atoms with van der Waals surface area (Å²) in [6.45, 7) is 0.877. The monoisotopic (exact) mass is 333 g/mol. The van der Waals surface area contributed by atoms with Crippen molar-refractivity contribution in [2.75, 3.05) is 26.8 Å². The van der Waals surface area contributed by atoms with Gasteiger partial charge in [-0.25, -0.2) is 4.79 Å². The maximum atomic E-state index is 12.6. The number of hydrogen-bond acceptors (Lipinski definition) is 4. The van der Waals surface area contributed by atoms with E-state index in [9.17, 15) is 9.59 Å². The Labute approximate surface area is 141 Å². The Kier molecular flexibility index (Phi) is 5.04. The van der Waals surface area contributed by atoms with E-state index in [2.05, 4.69) is 12.1 Å². The molecule has 1 saturated heterocycles. The van der Waals surface area contributed by atoms with Gasteiger partial charge in [0, 0.05) is 13.0 Å². The Morgan fingerprint density at radius 2 is 2.25 bits per heavy atom. The summed E-state index contributed by atoms with van der Waals surface area (Å²) in [6.07, 6.45) is 2.56. The van der Waals surface area contributed by atoms with E-state index in [1.54, 1.807) is 12.0 Å². The quantitative estimate of drug-likeness (QED) is 0.909. The average molecular weight is 333 g/mol. The Morgan fingerprint density at radius 3 is 3.00 bits per heavy atom. The molecule has 1 amide bonds. The van der Waals surface area contributed by atoms with Crippen molar-refractivity contribution in [2.45, 2.75) is 37.7 Å². The minimum atomic E-state index is -1.01. The Hall–Kier alpha value is -2.08. The second kappa shape index (κ2) is 7.21. The van der Waals surface area contributed by atoms with Crippen LogP contribution in [0.5, 0.6) is 5.75 Å². The SMILES string of the molecule is COc1ccc2c(c1)CCC[C@H]2CC(=O)N1CCO[C@@H](C(=O)O)C1. The number of methoxy groups -OCH3 is 1. The van der Waals surface area contributed by atoms with E-state index >= 15 is 0 Å². The van der Waals surface area contributed by atoms with Gasteiger partial charge in [-0.2, -0.15) is 0 Å². The Morgan fingerprint density at radius 1 is 1.42 bits per heavy atom. The van der Waals surface area contributed by atoms with Gasteiger partial charge in [-0.05, 0) is 48.4 Å². The zero-order valence-corrected chi connectivity index (χ0v) is 13.9. The number of hydrogen-bond donors (Lipinski definition) is 1. The lowest BCUT2D eigenvalue weighted by Gasteiger charge is -2.33. The summed E-state index contributed by atoms with van der Waals surface area (Å²) in [6, 6.07) is 6.06. The second-order valence-electron chi connectivity index (χ2n) is 6.40. The second-order valence-corrected chi connectivity index (χ2v) is 6.40. The van der Waals surface area contributed by atoms with E-state index in [1.807, 2.05) is 6.07 Å². The average Bonchev–Trinajstić information content (AvgIpc) is 2.61.